The van der Waals surface area contributed by atoms with Crippen molar-refractivity contribution in [3.63, 3.8) is 0 Å². The zero-order valence-electron chi connectivity index (χ0n) is 11.1. The Hall–Kier alpha value is -1.11. The van der Waals surface area contributed by atoms with Crippen LogP contribution in [0.15, 0.2) is 29.2 Å². The van der Waals surface area contributed by atoms with Crippen molar-refractivity contribution in [2.45, 2.75) is 30.2 Å². The Labute approximate surface area is 114 Å². The van der Waals surface area contributed by atoms with E-state index in [1.165, 1.54) is 0 Å². The molecule has 1 aromatic carbocycles. The van der Waals surface area contributed by atoms with E-state index in [1.54, 1.807) is 24.3 Å². The maximum Gasteiger partial charge on any atom is 0.240 e. The van der Waals surface area contributed by atoms with E-state index in [9.17, 15) is 8.42 Å². The summed E-state index contributed by atoms with van der Waals surface area (Å²) in [6, 6.07) is 6.68. The summed E-state index contributed by atoms with van der Waals surface area (Å²) >= 11 is 0. The van der Waals surface area contributed by atoms with Crippen LogP contribution in [0.5, 0.6) is 5.75 Å². The largest absolute Gasteiger partial charge is 0.494 e. The molecule has 6 heteroatoms. The zero-order chi connectivity index (χ0) is 13.7. The second-order valence-electron chi connectivity index (χ2n) is 4.67. The Kier molecular flexibility index (Phi) is 4.79. The summed E-state index contributed by atoms with van der Waals surface area (Å²) in [6.45, 7) is 1.52. The molecule has 1 fully saturated rings. The molecule has 1 aliphatic carbocycles. The molecule has 0 unspecified atom stereocenters. The third-order valence-electron chi connectivity index (χ3n) is 2.87. The van der Waals surface area contributed by atoms with Crippen LogP contribution in [0.3, 0.4) is 0 Å². The number of ether oxygens (including phenoxy) is 1. The standard InChI is InChI=1S/C13H20N2O3S/c1-14-9-2-10-18-12-5-7-13(8-6-12)19(16,17)15-11-3-4-11/h5-8,11,14-15H,2-4,9-10H2,1H3. The van der Waals surface area contributed by atoms with Crippen LogP contribution in [0, 0.1) is 0 Å². The van der Waals surface area contributed by atoms with Gasteiger partial charge in [-0.3, -0.25) is 0 Å². The highest BCUT2D eigenvalue weighted by Gasteiger charge is 2.27. The molecule has 0 amide bonds. The number of nitrogens with one attached hydrogen (secondary N) is 2. The van der Waals surface area contributed by atoms with Crippen molar-refractivity contribution in [1.82, 2.24) is 10.0 Å². The van der Waals surface area contributed by atoms with Gasteiger partial charge in [-0.2, -0.15) is 0 Å². The summed E-state index contributed by atoms with van der Waals surface area (Å²) in [5, 5.41) is 3.04. The molecule has 0 radical (unpaired) electrons. The average Bonchev–Trinajstić information content (AvgIpc) is 3.18. The van der Waals surface area contributed by atoms with Crippen LogP contribution in [0.25, 0.3) is 0 Å². The Bertz CT molecular complexity index is 495. The molecule has 2 N–H and O–H groups in total. The third kappa shape index (κ3) is 4.49. The molecule has 0 saturated heterocycles. The monoisotopic (exact) mass is 284 g/mol. The van der Waals surface area contributed by atoms with Crippen LogP contribution < -0.4 is 14.8 Å². The molecule has 0 heterocycles. The van der Waals surface area contributed by atoms with E-state index in [0.717, 1.165) is 25.8 Å². The first-order chi connectivity index (χ1) is 9.12. The molecule has 5 nitrogen and oxygen atoms in total. The molecular weight excluding hydrogens is 264 g/mol. The van der Waals surface area contributed by atoms with Crippen LogP contribution in [0.4, 0.5) is 0 Å². The molecule has 0 spiro atoms. The molecule has 0 aromatic heterocycles. The number of benzene rings is 1. The van der Waals surface area contributed by atoms with Gasteiger partial charge in [-0.15, -0.1) is 0 Å². The van der Waals surface area contributed by atoms with Crippen molar-refractivity contribution in [2.24, 2.45) is 0 Å². The fraction of sp³-hybridized carbons (Fsp3) is 0.538. The minimum absolute atomic E-state index is 0.127. The van der Waals surface area contributed by atoms with Crippen molar-refractivity contribution in [3.8, 4) is 5.75 Å². The van der Waals surface area contributed by atoms with Gasteiger partial charge in [-0.05, 0) is 57.1 Å². The van der Waals surface area contributed by atoms with E-state index in [0.29, 0.717) is 17.3 Å². The molecular formula is C13H20N2O3S. The van der Waals surface area contributed by atoms with Crippen LogP contribution in [0.1, 0.15) is 19.3 Å². The van der Waals surface area contributed by atoms with Gasteiger partial charge in [-0.25, -0.2) is 13.1 Å². The van der Waals surface area contributed by atoms with Gasteiger partial charge in [0.2, 0.25) is 10.0 Å². The summed E-state index contributed by atoms with van der Waals surface area (Å²) in [6.07, 6.45) is 2.79. The van der Waals surface area contributed by atoms with Gasteiger partial charge in [0.05, 0.1) is 11.5 Å². The second-order valence-corrected chi connectivity index (χ2v) is 6.39. The van der Waals surface area contributed by atoms with Crippen molar-refractivity contribution in [1.29, 1.82) is 0 Å². The molecule has 1 aliphatic rings. The quantitative estimate of drug-likeness (QED) is 0.702. The van der Waals surface area contributed by atoms with Crippen LogP contribution in [0.2, 0.25) is 0 Å². The normalized spacial score (nSPS) is 15.4. The predicted octanol–water partition coefficient (Wildman–Crippen LogP) is 1.12. The Morgan fingerprint density at radius 3 is 2.53 bits per heavy atom. The maximum atomic E-state index is 11.9. The first kappa shape index (κ1) is 14.3. The molecule has 1 aromatic rings. The van der Waals surface area contributed by atoms with Crippen LogP contribution >= 0.6 is 0 Å². The summed E-state index contributed by atoms with van der Waals surface area (Å²) in [5.74, 6) is 0.696. The highest BCUT2D eigenvalue weighted by Crippen LogP contribution is 2.23. The van der Waals surface area contributed by atoms with Gasteiger partial charge in [0.15, 0.2) is 0 Å². The fourth-order valence-corrected chi connectivity index (χ4v) is 2.95. The summed E-state index contributed by atoms with van der Waals surface area (Å²) in [4.78, 5) is 0.293. The first-order valence-electron chi connectivity index (χ1n) is 6.51. The van der Waals surface area contributed by atoms with Crippen molar-refractivity contribution in [3.05, 3.63) is 24.3 Å². The SMILES string of the molecule is CNCCCOc1ccc(S(=O)(=O)NC2CC2)cc1. The first-order valence-corrected chi connectivity index (χ1v) is 8.00. The van der Waals surface area contributed by atoms with E-state index < -0.39 is 10.0 Å². The van der Waals surface area contributed by atoms with Gasteiger partial charge in [0.25, 0.3) is 0 Å². The summed E-state index contributed by atoms with van der Waals surface area (Å²) in [7, 11) is -1.46. The van der Waals surface area contributed by atoms with Gasteiger partial charge < -0.3 is 10.1 Å². The Morgan fingerprint density at radius 1 is 1.26 bits per heavy atom. The predicted molar refractivity (Wildman–Crippen MR) is 73.8 cm³/mol. The lowest BCUT2D eigenvalue weighted by atomic mass is 10.3. The highest BCUT2D eigenvalue weighted by atomic mass is 32.2. The van der Waals surface area contributed by atoms with E-state index >= 15 is 0 Å². The van der Waals surface area contributed by atoms with Crippen LogP contribution in [-0.2, 0) is 10.0 Å². The molecule has 0 atom stereocenters. The van der Waals surface area contributed by atoms with Gasteiger partial charge >= 0.3 is 0 Å². The molecule has 2 rings (SSSR count). The number of rotatable bonds is 8. The minimum atomic E-state index is -3.36. The summed E-state index contributed by atoms with van der Waals surface area (Å²) < 4.78 is 32.0. The third-order valence-corrected chi connectivity index (χ3v) is 4.41. The van der Waals surface area contributed by atoms with E-state index in [-0.39, 0.29) is 6.04 Å². The number of hydrogen-bond acceptors (Lipinski definition) is 4. The minimum Gasteiger partial charge on any atom is -0.494 e. The van der Waals surface area contributed by atoms with Gasteiger partial charge in [-0.1, -0.05) is 0 Å². The van der Waals surface area contributed by atoms with Gasteiger partial charge in [0, 0.05) is 6.04 Å². The Balaban J connectivity index is 1.90. The maximum absolute atomic E-state index is 11.9. The molecule has 1 saturated carbocycles. The fourth-order valence-electron chi connectivity index (χ4n) is 1.64. The lowest BCUT2D eigenvalue weighted by molar-refractivity contribution is 0.309. The molecule has 19 heavy (non-hydrogen) atoms. The Morgan fingerprint density at radius 2 is 1.95 bits per heavy atom. The topological polar surface area (TPSA) is 67.4 Å². The smallest absolute Gasteiger partial charge is 0.240 e. The lowest BCUT2D eigenvalue weighted by Crippen LogP contribution is -2.25. The van der Waals surface area contributed by atoms with Crippen molar-refractivity contribution in [2.75, 3.05) is 20.2 Å². The second kappa shape index (κ2) is 6.36. The number of hydrogen-bond donors (Lipinski definition) is 2. The lowest BCUT2D eigenvalue weighted by Gasteiger charge is -2.08. The van der Waals surface area contributed by atoms with Crippen molar-refractivity contribution < 1.29 is 13.2 Å². The average molecular weight is 284 g/mol. The number of sulfonamides is 1. The van der Waals surface area contributed by atoms with E-state index in [4.69, 9.17) is 4.74 Å². The zero-order valence-corrected chi connectivity index (χ0v) is 11.9. The van der Waals surface area contributed by atoms with E-state index in [1.807, 2.05) is 7.05 Å². The van der Waals surface area contributed by atoms with Crippen molar-refractivity contribution >= 4 is 10.0 Å². The summed E-state index contributed by atoms with van der Waals surface area (Å²) in [5.41, 5.74) is 0. The van der Waals surface area contributed by atoms with Crippen LogP contribution in [-0.4, -0.2) is 34.7 Å². The molecule has 106 valence electrons. The highest BCUT2D eigenvalue weighted by molar-refractivity contribution is 7.89. The molecule has 0 bridgehead atoms. The van der Waals surface area contributed by atoms with Gasteiger partial charge in [0.1, 0.15) is 5.75 Å². The molecule has 0 aliphatic heterocycles. The van der Waals surface area contributed by atoms with E-state index in [2.05, 4.69) is 10.0 Å².